The summed E-state index contributed by atoms with van der Waals surface area (Å²) in [6.07, 6.45) is -0.0440. The molecule has 27 heavy (non-hydrogen) atoms. The molecule has 0 fully saturated rings. The summed E-state index contributed by atoms with van der Waals surface area (Å²) in [6, 6.07) is 4.58. The Bertz CT molecular complexity index is 909. The van der Waals surface area contributed by atoms with Crippen molar-refractivity contribution < 1.29 is 19.4 Å². The fraction of sp³-hybridized carbons (Fsp3) is 0.353. The lowest BCUT2D eigenvalue weighted by atomic mass is 10.1. The Balaban J connectivity index is 2.08. The monoisotopic (exact) mass is 509 g/mol. The molecule has 0 amide bonds. The molecule has 2 aromatic rings. The zero-order valence-electron chi connectivity index (χ0n) is 14.1. The SMILES string of the molecule is O=c1c(Cl)c(Nc2ccc(I)cc2F)c(C(O)NOCCO)c2n1CCC2. The average Bonchev–Trinajstić information content (AvgIpc) is 3.11. The van der Waals surface area contributed by atoms with Crippen LogP contribution in [0.25, 0.3) is 0 Å². The summed E-state index contributed by atoms with van der Waals surface area (Å²) in [5.74, 6) is -0.511. The molecule has 0 saturated carbocycles. The molecule has 1 aromatic carbocycles. The first kappa shape index (κ1) is 20.5. The van der Waals surface area contributed by atoms with Gasteiger partial charge in [0.1, 0.15) is 10.8 Å². The van der Waals surface area contributed by atoms with Crippen LogP contribution in [0.1, 0.15) is 23.9 Å². The van der Waals surface area contributed by atoms with Gasteiger partial charge in [0, 0.05) is 21.4 Å². The van der Waals surface area contributed by atoms with Gasteiger partial charge in [0.15, 0.2) is 6.23 Å². The summed E-state index contributed by atoms with van der Waals surface area (Å²) in [7, 11) is 0. The lowest BCUT2D eigenvalue weighted by Gasteiger charge is -2.22. The number of hydrogen-bond donors (Lipinski definition) is 4. The smallest absolute Gasteiger partial charge is 0.271 e. The zero-order chi connectivity index (χ0) is 19.6. The van der Waals surface area contributed by atoms with Crippen LogP contribution < -0.4 is 16.4 Å². The van der Waals surface area contributed by atoms with Crippen molar-refractivity contribution in [3.05, 3.63) is 54.2 Å². The van der Waals surface area contributed by atoms with Crippen LogP contribution in [0.15, 0.2) is 23.0 Å². The molecule has 0 bridgehead atoms. The van der Waals surface area contributed by atoms with Crippen molar-refractivity contribution in [3.63, 3.8) is 0 Å². The van der Waals surface area contributed by atoms with Gasteiger partial charge in [-0.15, -0.1) is 0 Å². The minimum absolute atomic E-state index is 0.0335. The predicted octanol–water partition coefficient (Wildman–Crippen LogP) is 2.44. The standard InChI is InChI=1S/C17H18ClFIN3O4/c18-14-15(21-11-4-3-9(20)8-10(11)19)13(16(25)22-27-7-6-24)12-2-1-5-23(12)17(14)26/h3-4,8,16,21-22,24-25H,1-2,5-7H2. The zero-order valence-corrected chi connectivity index (χ0v) is 17.1. The average molecular weight is 510 g/mol. The predicted molar refractivity (Wildman–Crippen MR) is 108 cm³/mol. The molecule has 0 spiro atoms. The Labute approximate surface area is 173 Å². The van der Waals surface area contributed by atoms with Gasteiger partial charge in [-0.05, 0) is 53.6 Å². The van der Waals surface area contributed by atoms with Gasteiger partial charge in [-0.3, -0.25) is 9.63 Å². The van der Waals surface area contributed by atoms with Crippen molar-refractivity contribution in [2.24, 2.45) is 0 Å². The first-order chi connectivity index (χ1) is 12.9. The van der Waals surface area contributed by atoms with Gasteiger partial charge >= 0.3 is 0 Å². The minimum atomic E-state index is -1.33. The van der Waals surface area contributed by atoms with Crippen molar-refractivity contribution in [2.45, 2.75) is 25.6 Å². The van der Waals surface area contributed by atoms with E-state index in [2.05, 4.69) is 10.8 Å². The molecule has 0 aliphatic carbocycles. The van der Waals surface area contributed by atoms with E-state index in [0.29, 0.717) is 24.2 Å². The number of fused-ring (bicyclic) bond motifs is 1. The number of aliphatic hydroxyl groups is 2. The highest BCUT2D eigenvalue weighted by Crippen LogP contribution is 2.36. The molecule has 1 aromatic heterocycles. The van der Waals surface area contributed by atoms with Gasteiger partial charge in [0.25, 0.3) is 5.56 Å². The third kappa shape index (κ3) is 4.28. The van der Waals surface area contributed by atoms with Crippen LogP contribution in [0, 0.1) is 9.39 Å². The number of aliphatic hydroxyl groups excluding tert-OH is 2. The molecule has 3 rings (SSSR count). The summed E-state index contributed by atoms with van der Waals surface area (Å²) < 4.78 is 16.5. The van der Waals surface area contributed by atoms with Crippen LogP contribution in [0.3, 0.4) is 0 Å². The Hall–Kier alpha value is -1.24. The quantitative estimate of drug-likeness (QED) is 0.198. The highest BCUT2D eigenvalue weighted by molar-refractivity contribution is 14.1. The van der Waals surface area contributed by atoms with E-state index in [1.807, 2.05) is 22.6 Å². The summed E-state index contributed by atoms with van der Waals surface area (Å²) in [5, 5.41) is 22.1. The maximum absolute atomic E-state index is 14.3. The summed E-state index contributed by atoms with van der Waals surface area (Å²) >= 11 is 8.27. The molecule has 7 nitrogen and oxygen atoms in total. The number of aromatic nitrogens is 1. The van der Waals surface area contributed by atoms with E-state index in [1.54, 1.807) is 6.07 Å². The number of benzene rings is 1. The molecule has 0 saturated heterocycles. The Morgan fingerprint density at radius 2 is 2.22 bits per heavy atom. The number of pyridine rings is 1. The first-order valence-corrected chi connectivity index (χ1v) is 9.73. The Kier molecular flexibility index (Phi) is 6.71. The number of hydroxylamine groups is 1. The molecule has 4 N–H and O–H groups in total. The first-order valence-electron chi connectivity index (χ1n) is 8.27. The highest BCUT2D eigenvalue weighted by atomic mass is 127. The number of nitrogens with zero attached hydrogens (tertiary/aromatic N) is 1. The summed E-state index contributed by atoms with van der Waals surface area (Å²) in [4.78, 5) is 17.6. The molecule has 0 radical (unpaired) electrons. The van der Waals surface area contributed by atoms with Crippen molar-refractivity contribution in [1.29, 1.82) is 0 Å². The number of rotatable bonds is 7. The molecular weight excluding hydrogens is 492 g/mol. The maximum atomic E-state index is 14.3. The maximum Gasteiger partial charge on any atom is 0.271 e. The number of anilines is 2. The number of halogens is 3. The van der Waals surface area contributed by atoms with Crippen molar-refractivity contribution in [2.75, 3.05) is 18.5 Å². The van der Waals surface area contributed by atoms with Gasteiger partial charge in [-0.25, -0.2) is 4.39 Å². The largest absolute Gasteiger partial charge is 0.394 e. The molecule has 1 aliphatic rings. The van der Waals surface area contributed by atoms with Gasteiger partial charge < -0.3 is 20.1 Å². The molecule has 146 valence electrons. The normalized spacial score (nSPS) is 14.3. The van der Waals surface area contributed by atoms with Gasteiger partial charge in [0.05, 0.1) is 24.6 Å². The lowest BCUT2D eigenvalue weighted by Crippen LogP contribution is -2.29. The molecule has 10 heteroatoms. The minimum Gasteiger partial charge on any atom is -0.394 e. The second-order valence-electron chi connectivity index (χ2n) is 5.95. The molecular formula is C17H18ClFIN3O4. The Morgan fingerprint density at radius 1 is 1.44 bits per heavy atom. The molecule has 2 heterocycles. The second-order valence-corrected chi connectivity index (χ2v) is 7.57. The van der Waals surface area contributed by atoms with Crippen LogP contribution in [0.5, 0.6) is 0 Å². The van der Waals surface area contributed by atoms with E-state index in [4.69, 9.17) is 21.5 Å². The van der Waals surface area contributed by atoms with Crippen molar-refractivity contribution in [3.8, 4) is 0 Å². The van der Waals surface area contributed by atoms with E-state index in [1.165, 1.54) is 16.7 Å². The van der Waals surface area contributed by atoms with Crippen LogP contribution >= 0.6 is 34.2 Å². The molecule has 1 atom stereocenters. The van der Waals surface area contributed by atoms with Crippen molar-refractivity contribution >= 4 is 45.6 Å². The molecule has 1 aliphatic heterocycles. The van der Waals surface area contributed by atoms with E-state index in [0.717, 1.165) is 9.99 Å². The summed E-state index contributed by atoms with van der Waals surface area (Å²) in [5.41, 5.74) is 3.19. The summed E-state index contributed by atoms with van der Waals surface area (Å²) in [6.45, 7) is 0.226. The number of hydrogen-bond acceptors (Lipinski definition) is 6. The fourth-order valence-electron chi connectivity index (χ4n) is 3.05. The van der Waals surface area contributed by atoms with Crippen molar-refractivity contribution in [1.82, 2.24) is 10.0 Å². The van der Waals surface area contributed by atoms with E-state index < -0.39 is 17.6 Å². The second kappa shape index (κ2) is 8.84. The Morgan fingerprint density at radius 3 is 2.93 bits per heavy atom. The van der Waals surface area contributed by atoms with Crippen LogP contribution in [-0.2, 0) is 17.8 Å². The van der Waals surface area contributed by atoms with E-state index in [-0.39, 0.29) is 29.6 Å². The third-order valence-electron chi connectivity index (χ3n) is 4.21. The van der Waals surface area contributed by atoms with Gasteiger partial charge in [0.2, 0.25) is 0 Å². The molecule has 1 unspecified atom stereocenters. The van der Waals surface area contributed by atoms with Gasteiger partial charge in [-0.2, -0.15) is 5.48 Å². The highest BCUT2D eigenvalue weighted by Gasteiger charge is 2.28. The fourth-order valence-corrected chi connectivity index (χ4v) is 3.76. The lowest BCUT2D eigenvalue weighted by molar-refractivity contribution is -0.0678. The van der Waals surface area contributed by atoms with Crippen LogP contribution in [0.2, 0.25) is 5.02 Å². The van der Waals surface area contributed by atoms with E-state index in [9.17, 15) is 14.3 Å². The topological polar surface area (TPSA) is 95.8 Å². The van der Waals surface area contributed by atoms with E-state index >= 15 is 0 Å². The van der Waals surface area contributed by atoms with Crippen LogP contribution in [0.4, 0.5) is 15.8 Å². The van der Waals surface area contributed by atoms with Gasteiger partial charge in [-0.1, -0.05) is 11.6 Å². The number of nitrogens with one attached hydrogen (secondary N) is 2. The third-order valence-corrected chi connectivity index (χ3v) is 5.23. The van der Waals surface area contributed by atoms with Crippen LogP contribution in [-0.4, -0.2) is 28.0 Å².